The van der Waals surface area contributed by atoms with Crippen molar-refractivity contribution in [2.24, 2.45) is 0 Å². The summed E-state index contributed by atoms with van der Waals surface area (Å²) >= 11 is 0. The molecule has 3 aromatic carbocycles. The Labute approximate surface area is 149 Å². The summed E-state index contributed by atoms with van der Waals surface area (Å²) in [5, 5.41) is 0. The van der Waals surface area contributed by atoms with Gasteiger partial charge in [-0.05, 0) is 54.1 Å². The lowest BCUT2D eigenvalue weighted by atomic mass is 10.1. The zero-order chi connectivity index (χ0) is 18.7. The predicted molar refractivity (Wildman–Crippen MR) is 93.6 cm³/mol. The zero-order valence-corrected chi connectivity index (χ0v) is 14.2. The van der Waals surface area contributed by atoms with Crippen LogP contribution >= 0.6 is 0 Å². The number of halogens is 3. The molecule has 0 aliphatic carbocycles. The summed E-state index contributed by atoms with van der Waals surface area (Å²) in [4.78, 5) is 0.0600. The molecule has 2 nitrogen and oxygen atoms in total. The SMILES string of the molecule is O=S(=O)(c1ccc(F)cc1)c1ccc(C=Cc2ccc(F)cc2F)cc1. The minimum absolute atomic E-state index is 0.00410. The van der Waals surface area contributed by atoms with Crippen LogP contribution in [0.15, 0.2) is 76.5 Å². The quantitative estimate of drug-likeness (QED) is 0.470. The van der Waals surface area contributed by atoms with Gasteiger partial charge < -0.3 is 0 Å². The molecule has 0 amide bonds. The van der Waals surface area contributed by atoms with Gasteiger partial charge in [-0.25, -0.2) is 21.6 Å². The molecule has 0 atom stereocenters. The maximum atomic E-state index is 13.6. The van der Waals surface area contributed by atoms with E-state index in [2.05, 4.69) is 0 Å². The Kier molecular flexibility index (Phi) is 4.95. The van der Waals surface area contributed by atoms with Gasteiger partial charge >= 0.3 is 0 Å². The van der Waals surface area contributed by atoms with Gasteiger partial charge in [-0.15, -0.1) is 0 Å². The molecule has 0 saturated heterocycles. The Morgan fingerprint density at radius 2 is 1.19 bits per heavy atom. The minimum Gasteiger partial charge on any atom is -0.219 e. The largest absolute Gasteiger partial charge is 0.219 e. The molecule has 26 heavy (non-hydrogen) atoms. The van der Waals surface area contributed by atoms with Crippen molar-refractivity contribution < 1.29 is 21.6 Å². The molecule has 0 saturated carbocycles. The summed E-state index contributed by atoms with van der Waals surface area (Å²) in [6.45, 7) is 0. The second-order valence-corrected chi connectivity index (χ2v) is 7.48. The number of hydrogen-bond acceptors (Lipinski definition) is 2. The molecule has 6 heteroatoms. The van der Waals surface area contributed by atoms with Gasteiger partial charge in [0, 0.05) is 11.6 Å². The van der Waals surface area contributed by atoms with E-state index in [0.717, 1.165) is 24.3 Å². The Hall–Kier alpha value is -2.86. The highest BCUT2D eigenvalue weighted by atomic mass is 32.2. The van der Waals surface area contributed by atoms with E-state index in [1.807, 2.05) is 0 Å². The molecule has 0 radical (unpaired) electrons. The van der Waals surface area contributed by atoms with E-state index in [1.165, 1.54) is 36.4 Å². The maximum absolute atomic E-state index is 13.6. The molecule has 0 aliphatic heterocycles. The van der Waals surface area contributed by atoms with Crippen LogP contribution in [0.5, 0.6) is 0 Å². The van der Waals surface area contributed by atoms with Crippen molar-refractivity contribution >= 4 is 22.0 Å². The Morgan fingerprint density at radius 3 is 1.77 bits per heavy atom. The summed E-state index contributed by atoms with van der Waals surface area (Å²) < 4.78 is 64.4. The first-order valence-corrected chi connectivity index (χ1v) is 9.08. The zero-order valence-electron chi connectivity index (χ0n) is 13.4. The summed E-state index contributed by atoms with van der Waals surface area (Å²) in [5.74, 6) is -1.86. The van der Waals surface area contributed by atoms with E-state index in [1.54, 1.807) is 18.2 Å². The summed E-state index contributed by atoms with van der Waals surface area (Å²) in [6, 6.07) is 13.8. The van der Waals surface area contributed by atoms with Gasteiger partial charge in [-0.2, -0.15) is 0 Å². The monoisotopic (exact) mass is 374 g/mol. The summed E-state index contributed by atoms with van der Waals surface area (Å²) in [5.41, 5.74) is 0.862. The molecule has 0 spiro atoms. The third-order valence-corrected chi connectivity index (χ3v) is 5.52. The fraction of sp³-hybridized carbons (Fsp3) is 0. The van der Waals surface area contributed by atoms with Gasteiger partial charge in [0.15, 0.2) is 0 Å². The van der Waals surface area contributed by atoms with Gasteiger partial charge in [0.1, 0.15) is 17.5 Å². The molecule has 0 fully saturated rings. The van der Waals surface area contributed by atoms with Gasteiger partial charge in [0.25, 0.3) is 0 Å². The fourth-order valence-corrected chi connectivity index (χ4v) is 3.59. The van der Waals surface area contributed by atoms with Gasteiger partial charge in [-0.3, -0.25) is 0 Å². The van der Waals surface area contributed by atoms with Crippen molar-refractivity contribution in [2.45, 2.75) is 9.79 Å². The lowest BCUT2D eigenvalue weighted by Crippen LogP contribution is -2.01. The smallest absolute Gasteiger partial charge is 0.206 e. The fourth-order valence-electron chi connectivity index (χ4n) is 2.33. The first kappa shape index (κ1) is 17.9. The van der Waals surface area contributed by atoms with Crippen LogP contribution in [0.25, 0.3) is 12.2 Å². The van der Waals surface area contributed by atoms with Crippen LogP contribution in [-0.4, -0.2) is 8.42 Å². The molecule has 132 valence electrons. The first-order chi connectivity index (χ1) is 12.4. The average molecular weight is 374 g/mol. The molecule has 0 unspecified atom stereocenters. The molecule has 0 heterocycles. The van der Waals surface area contributed by atoms with Crippen LogP contribution in [0.1, 0.15) is 11.1 Å². The van der Waals surface area contributed by atoms with E-state index in [4.69, 9.17) is 0 Å². The third-order valence-electron chi connectivity index (χ3n) is 3.73. The van der Waals surface area contributed by atoms with Crippen LogP contribution in [0.3, 0.4) is 0 Å². The Balaban J connectivity index is 1.84. The highest BCUT2D eigenvalue weighted by molar-refractivity contribution is 7.91. The van der Waals surface area contributed by atoms with Crippen molar-refractivity contribution in [3.05, 3.63) is 95.3 Å². The Morgan fingerprint density at radius 1 is 0.654 bits per heavy atom. The van der Waals surface area contributed by atoms with Crippen LogP contribution in [0, 0.1) is 17.5 Å². The van der Waals surface area contributed by atoms with E-state index >= 15 is 0 Å². The van der Waals surface area contributed by atoms with Crippen molar-refractivity contribution in [3.8, 4) is 0 Å². The number of rotatable bonds is 4. The predicted octanol–water partition coefficient (Wildman–Crippen LogP) is 5.11. The van der Waals surface area contributed by atoms with Crippen molar-refractivity contribution in [1.29, 1.82) is 0 Å². The lowest BCUT2D eigenvalue weighted by molar-refractivity contribution is 0.581. The second kappa shape index (κ2) is 7.17. The first-order valence-electron chi connectivity index (χ1n) is 7.60. The lowest BCUT2D eigenvalue weighted by Gasteiger charge is -2.05. The molecule has 0 aliphatic rings. The van der Waals surface area contributed by atoms with Gasteiger partial charge in [0.05, 0.1) is 9.79 Å². The highest BCUT2D eigenvalue weighted by Crippen LogP contribution is 2.22. The maximum Gasteiger partial charge on any atom is 0.206 e. The topological polar surface area (TPSA) is 34.1 Å². The van der Waals surface area contributed by atoms with Crippen LogP contribution in [0.2, 0.25) is 0 Å². The van der Waals surface area contributed by atoms with E-state index < -0.39 is 27.3 Å². The van der Waals surface area contributed by atoms with Crippen molar-refractivity contribution in [2.75, 3.05) is 0 Å². The number of hydrogen-bond donors (Lipinski definition) is 0. The van der Waals surface area contributed by atoms with Crippen LogP contribution < -0.4 is 0 Å². The summed E-state index contributed by atoms with van der Waals surface area (Å²) in [6.07, 6.45) is 3.06. The van der Waals surface area contributed by atoms with Gasteiger partial charge in [0.2, 0.25) is 9.84 Å². The summed E-state index contributed by atoms with van der Waals surface area (Å²) in [7, 11) is -3.74. The van der Waals surface area contributed by atoms with E-state index in [9.17, 15) is 21.6 Å². The van der Waals surface area contributed by atoms with Crippen LogP contribution in [-0.2, 0) is 9.84 Å². The van der Waals surface area contributed by atoms with Crippen LogP contribution in [0.4, 0.5) is 13.2 Å². The highest BCUT2D eigenvalue weighted by Gasteiger charge is 2.17. The molecule has 3 rings (SSSR count). The number of sulfone groups is 1. The molecule has 3 aromatic rings. The molecule has 0 N–H and O–H groups in total. The normalized spacial score (nSPS) is 11.8. The minimum atomic E-state index is -3.74. The van der Waals surface area contributed by atoms with Crippen molar-refractivity contribution in [3.63, 3.8) is 0 Å². The average Bonchev–Trinajstić information content (AvgIpc) is 2.62. The Bertz CT molecular complexity index is 1060. The molecular formula is C20H13F3O2S. The van der Waals surface area contributed by atoms with Crippen molar-refractivity contribution in [1.82, 2.24) is 0 Å². The standard InChI is InChI=1S/C20H13F3O2S/c21-16-7-11-19(12-8-16)26(24,25)18-9-2-14(3-10-18)1-4-15-5-6-17(22)13-20(15)23/h1-13H. The second-order valence-electron chi connectivity index (χ2n) is 5.53. The molecule has 0 bridgehead atoms. The van der Waals surface area contributed by atoms with Gasteiger partial charge in [-0.1, -0.05) is 24.3 Å². The number of benzene rings is 3. The van der Waals surface area contributed by atoms with E-state index in [-0.39, 0.29) is 15.4 Å². The van der Waals surface area contributed by atoms with E-state index in [0.29, 0.717) is 5.56 Å². The molecular weight excluding hydrogens is 361 g/mol. The molecule has 0 aromatic heterocycles. The third kappa shape index (κ3) is 3.86.